The number of hydrogen-bond acceptors (Lipinski definition) is 5. The van der Waals surface area contributed by atoms with Crippen LogP contribution in [0.25, 0.3) is 10.9 Å². The number of carbonyl (C=O) groups excluding carboxylic acids is 1. The van der Waals surface area contributed by atoms with E-state index in [1.54, 1.807) is 24.4 Å². The Morgan fingerprint density at radius 2 is 1.71 bits per heavy atom. The molecule has 6 heteroatoms. The maximum Gasteiger partial charge on any atom is 0.162 e. The Morgan fingerprint density at radius 1 is 0.958 bits per heavy atom. The number of benzene rings is 2. The van der Waals surface area contributed by atoms with Crippen LogP contribution < -0.4 is 14.2 Å². The van der Waals surface area contributed by atoms with Crippen LogP contribution in [0.4, 0.5) is 4.39 Å². The number of fused-ring (bicyclic) bond motifs is 1. The maximum absolute atomic E-state index is 13.5. The van der Waals surface area contributed by atoms with Crippen LogP contribution in [0.15, 0.2) is 42.6 Å². The Morgan fingerprint density at radius 3 is 2.42 bits per heavy atom. The second-order valence-electron chi connectivity index (χ2n) is 4.94. The molecule has 0 spiro atoms. The van der Waals surface area contributed by atoms with E-state index in [4.69, 9.17) is 14.2 Å². The largest absolute Gasteiger partial charge is 0.493 e. The minimum Gasteiger partial charge on any atom is -0.493 e. The fraction of sp³-hybridized carbons (Fsp3) is 0.111. The number of rotatable bonds is 5. The molecule has 0 N–H and O–H groups in total. The van der Waals surface area contributed by atoms with Gasteiger partial charge in [0.1, 0.15) is 17.3 Å². The summed E-state index contributed by atoms with van der Waals surface area (Å²) in [5.41, 5.74) is 0.871. The van der Waals surface area contributed by atoms with Crippen LogP contribution in [0.3, 0.4) is 0 Å². The van der Waals surface area contributed by atoms with E-state index < -0.39 is 5.82 Å². The van der Waals surface area contributed by atoms with E-state index in [1.807, 2.05) is 0 Å². The number of ether oxygens (including phenoxy) is 3. The zero-order chi connectivity index (χ0) is 17.1. The van der Waals surface area contributed by atoms with Gasteiger partial charge in [-0.15, -0.1) is 0 Å². The third-order valence-corrected chi connectivity index (χ3v) is 3.53. The van der Waals surface area contributed by atoms with Gasteiger partial charge in [-0.05, 0) is 24.3 Å². The summed E-state index contributed by atoms with van der Waals surface area (Å²) >= 11 is 0. The monoisotopic (exact) mass is 327 g/mol. The third kappa shape index (κ3) is 2.86. The molecule has 0 saturated carbocycles. The highest BCUT2D eigenvalue weighted by Crippen LogP contribution is 2.37. The van der Waals surface area contributed by atoms with E-state index in [1.165, 1.54) is 26.4 Å². The number of nitrogens with zero attached hydrogens (tertiary/aromatic N) is 1. The maximum atomic E-state index is 13.5. The number of pyridine rings is 1. The predicted octanol–water partition coefficient (Wildman–Crippen LogP) is 4.00. The first-order valence-electron chi connectivity index (χ1n) is 7.09. The van der Waals surface area contributed by atoms with Gasteiger partial charge in [-0.25, -0.2) is 4.39 Å². The number of carbonyl (C=O) groups is 1. The average molecular weight is 327 g/mol. The number of hydrogen-bond donors (Lipinski definition) is 0. The molecular formula is C18H14FNO4. The van der Waals surface area contributed by atoms with Crippen molar-refractivity contribution in [2.45, 2.75) is 0 Å². The highest BCUT2D eigenvalue weighted by molar-refractivity contribution is 5.89. The van der Waals surface area contributed by atoms with Crippen molar-refractivity contribution in [2.75, 3.05) is 14.2 Å². The van der Waals surface area contributed by atoms with Crippen LogP contribution in [0.2, 0.25) is 0 Å². The summed E-state index contributed by atoms with van der Waals surface area (Å²) in [4.78, 5) is 15.4. The molecule has 0 bridgehead atoms. The minimum absolute atomic E-state index is 0.132. The fourth-order valence-corrected chi connectivity index (χ4v) is 2.35. The number of aldehydes is 1. The van der Waals surface area contributed by atoms with Crippen molar-refractivity contribution in [1.29, 1.82) is 0 Å². The number of aromatic nitrogens is 1. The summed E-state index contributed by atoms with van der Waals surface area (Å²) in [7, 11) is 3.06. The summed E-state index contributed by atoms with van der Waals surface area (Å²) < 4.78 is 29.8. The molecule has 0 saturated heterocycles. The van der Waals surface area contributed by atoms with Gasteiger partial charge in [0, 0.05) is 23.7 Å². The van der Waals surface area contributed by atoms with Gasteiger partial charge in [0.15, 0.2) is 17.8 Å². The zero-order valence-electron chi connectivity index (χ0n) is 13.1. The molecule has 0 aliphatic rings. The minimum atomic E-state index is -0.492. The van der Waals surface area contributed by atoms with Gasteiger partial charge in [0.25, 0.3) is 0 Å². The summed E-state index contributed by atoms with van der Waals surface area (Å²) in [5, 5.41) is 0.649. The van der Waals surface area contributed by atoms with Crippen LogP contribution in [0.5, 0.6) is 23.0 Å². The summed E-state index contributed by atoms with van der Waals surface area (Å²) in [5.74, 6) is 1.11. The molecular weight excluding hydrogens is 313 g/mol. The van der Waals surface area contributed by atoms with E-state index in [-0.39, 0.29) is 11.3 Å². The van der Waals surface area contributed by atoms with Gasteiger partial charge in [-0.1, -0.05) is 0 Å². The first-order chi connectivity index (χ1) is 11.7. The highest BCUT2D eigenvalue weighted by Gasteiger charge is 2.13. The van der Waals surface area contributed by atoms with E-state index in [2.05, 4.69) is 4.98 Å². The molecule has 1 aromatic heterocycles. The van der Waals surface area contributed by atoms with Gasteiger partial charge in [0.2, 0.25) is 0 Å². The van der Waals surface area contributed by atoms with Crippen LogP contribution in [-0.2, 0) is 0 Å². The Hall–Kier alpha value is -3.15. The van der Waals surface area contributed by atoms with Crippen LogP contribution in [0.1, 0.15) is 10.4 Å². The van der Waals surface area contributed by atoms with Crippen LogP contribution >= 0.6 is 0 Å². The van der Waals surface area contributed by atoms with Crippen molar-refractivity contribution >= 4 is 17.2 Å². The van der Waals surface area contributed by atoms with E-state index in [9.17, 15) is 9.18 Å². The quantitative estimate of drug-likeness (QED) is 0.663. The van der Waals surface area contributed by atoms with E-state index in [0.29, 0.717) is 34.4 Å². The topological polar surface area (TPSA) is 57.7 Å². The van der Waals surface area contributed by atoms with Gasteiger partial charge in [-0.3, -0.25) is 9.78 Å². The van der Waals surface area contributed by atoms with Crippen molar-refractivity contribution in [1.82, 2.24) is 4.98 Å². The lowest BCUT2D eigenvalue weighted by Gasteiger charge is -2.13. The van der Waals surface area contributed by atoms with Crippen LogP contribution in [-0.4, -0.2) is 25.5 Å². The SMILES string of the molecule is COc1cc2nccc(Oc3cc(F)ccc3C=O)c2cc1OC. The van der Waals surface area contributed by atoms with E-state index >= 15 is 0 Å². The lowest BCUT2D eigenvalue weighted by Crippen LogP contribution is -1.95. The van der Waals surface area contributed by atoms with Crippen molar-refractivity contribution in [3.05, 3.63) is 54.0 Å². The molecule has 1 heterocycles. The Labute approximate surface area is 137 Å². The molecule has 0 aliphatic carbocycles. The number of methoxy groups -OCH3 is 2. The third-order valence-electron chi connectivity index (χ3n) is 3.53. The van der Waals surface area contributed by atoms with Gasteiger partial charge in [-0.2, -0.15) is 0 Å². The van der Waals surface area contributed by atoms with Crippen molar-refractivity contribution in [3.63, 3.8) is 0 Å². The first kappa shape index (κ1) is 15.7. The molecule has 2 aromatic carbocycles. The Bertz CT molecular complexity index is 911. The lowest BCUT2D eigenvalue weighted by molar-refractivity contribution is 0.112. The molecule has 24 heavy (non-hydrogen) atoms. The van der Waals surface area contributed by atoms with Crippen molar-refractivity contribution in [3.8, 4) is 23.0 Å². The molecule has 3 rings (SSSR count). The second kappa shape index (κ2) is 6.54. The standard InChI is InChI=1S/C18H14FNO4/c1-22-17-8-13-14(9-18(17)23-2)20-6-5-15(13)24-16-7-12(19)4-3-11(16)10-21/h3-10H,1-2H3. The van der Waals surface area contributed by atoms with Gasteiger partial charge >= 0.3 is 0 Å². The highest BCUT2D eigenvalue weighted by atomic mass is 19.1. The number of halogens is 1. The lowest BCUT2D eigenvalue weighted by atomic mass is 10.1. The Kier molecular flexibility index (Phi) is 4.29. The summed E-state index contributed by atoms with van der Waals surface area (Å²) in [6.07, 6.45) is 2.17. The molecule has 0 unspecified atom stereocenters. The summed E-state index contributed by atoms with van der Waals surface area (Å²) in [6.45, 7) is 0. The smallest absolute Gasteiger partial charge is 0.162 e. The molecule has 122 valence electrons. The summed E-state index contributed by atoms with van der Waals surface area (Å²) in [6, 6.07) is 8.80. The molecule has 5 nitrogen and oxygen atoms in total. The average Bonchev–Trinajstić information content (AvgIpc) is 2.61. The van der Waals surface area contributed by atoms with Gasteiger partial charge < -0.3 is 14.2 Å². The molecule has 0 aliphatic heterocycles. The molecule has 0 fully saturated rings. The fourth-order valence-electron chi connectivity index (χ4n) is 2.35. The van der Waals surface area contributed by atoms with Crippen LogP contribution in [0, 0.1) is 5.82 Å². The normalized spacial score (nSPS) is 10.5. The molecule has 0 amide bonds. The second-order valence-corrected chi connectivity index (χ2v) is 4.94. The molecule has 0 atom stereocenters. The van der Waals surface area contributed by atoms with Crippen molar-refractivity contribution in [2.24, 2.45) is 0 Å². The first-order valence-corrected chi connectivity index (χ1v) is 7.09. The van der Waals surface area contributed by atoms with E-state index in [0.717, 1.165) is 6.07 Å². The predicted molar refractivity (Wildman–Crippen MR) is 86.7 cm³/mol. The van der Waals surface area contributed by atoms with Gasteiger partial charge in [0.05, 0.1) is 25.3 Å². The zero-order valence-corrected chi connectivity index (χ0v) is 13.1. The molecule has 0 radical (unpaired) electrons. The molecule has 3 aromatic rings. The van der Waals surface area contributed by atoms with Crippen molar-refractivity contribution < 1.29 is 23.4 Å². The Balaban J connectivity index is 2.13.